The van der Waals surface area contributed by atoms with E-state index in [9.17, 15) is 13.6 Å². The zero-order chi connectivity index (χ0) is 26.1. The highest BCUT2D eigenvalue weighted by Gasteiger charge is 2.24. The van der Waals surface area contributed by atoms with Crippen molar-refractivity contribution in [3.63, 3.8) is 0 Å². The van der Waals surface area contributed by atoms with Gasteiger partial charge in [0.05, 0.1) is 29.4 Å². The Balaban J connectivity index is 1.41. The number of pyridine rings is 1. The highest BCUT2D eigenvalue weighted by atomic mass is 19.1. The number of hydrogen-bond acceptors (Lipinski definition) is 6. The molecule has 4 aromatic rings. The first kappa shape index (κ1) is 24.8. The number of rotatable bonds is 6. The second kappa shape index (κ2) is 10.3. The van der Waals surface area contributed by atoms with E-state index in [1.54, 1.807) is 31.5 Å². The van der Waals surface area contributed by atoms with Gasteiger partial charge in [0.25, 0.3) is 5.56 Å². The van der Waals surface area contributed by atoms with E-state index in [1.165, 1.54) is 12.1 Å². The van der Waals surface area contributed by atoms with Gasteiger partial charge in [-0.05, 0) is 62.6 Å². The molecular weight excluding hydrogens is 476 g/mol. The van der Waals surface area contributed by atoms with E-state index < -0.39 is 11.6 Å². The normalized spacial score (nSPS) is 19.6. The van der Waals surface area contributed by atoms with Crippen LogP contribution < -0.4 is 20.9 Å². The lowest BCUT2D eigenvalue weighted by molar-refractivity contribution is 0.329. The molecule has 5 rings (SSSR count). The van der Waals surface area contributed by atoms with Gasteiger partial charge in [-0.3, -0.25) is 9.78 Å². The molecule has 1 aliphatic heterocycles. The molecule has 0 bridgehead atoms. The van der Waals surface area contributed by atoms with Crippen LogP contribution in [0.3, 0.4) is 0 Å². The molecule has 1 aliphatic rings. The fourth-order valence-corrected chi connectivity index (χ4v) is 5.08. The number of nitrogens with one attached hydrogen (secondary N) is 3. The first-order chi connectivity index (χ1) is 17.8. The van der Waals surface area contributed by atoms with Crippen LogP contribution in [0.15, 0.2) is 53.5 Å². The van der Waals surface area contributed by atoms with Gasteiger partial charge < -0.3 is 20.4 Å². The minimum Gasteiger partial charge on any atom is -0.495 e. The van der Waals surface area contributed by atoms with E-state index in [4.69, 9.17) is 9.72 Å². The molecule has 3 heterocycles. The SMILES string of the molecule is COc1cc2c(=O)[nH]c(Cc3ccc(-c4cc(F)cc(F)c4)nc3)nc2cc1NC1C[C@@H](C)N[C@@H](C)C1. The third kappa shape index (κ3) is 5.61. The third-order valence-electron chi connectivity index (χ3n) is 6.64. The molecule has 7 nitrogen and oxygen atoms in total. The summed E-state index contributed by atoms with van der Waals surface area (Å²) in [6, 6.07) is 11.4. The number of fused-ring (bicyclic) bond motifs is 1. The fourth-order valence-electron chi connectivity index (χ4n) is 5.08. The molecule has 2 aromatic carbocycles. The van der Waals surface area contributed by atoms with Crippen molar-refractivity contribution in [2.75, 3.05) is 12.4 Å². The van der Waals surface area contributed by atoms with Crippen LogP contribution in [0.25, 0.3) is 22.2 Å². The van der Waals surface area contributed by atoms with Gasteiger partial charge in [0, 0.05) is 42.4 Å². The van der Waals surface area contributed by atoms with Crippen molar-refractivity contribution in [3.8, 4) is 17.0 Å². The lowest BCUT2D eigenvalue weighted by atomic mass is 9.95. The van der Waals surface area contributed by atoms with E-state index in [0.717, 1.165) is 30.2 Å². The second-order valence-corrected chi connectivity index (χ2v) is 9.75. The maximum Gasteiger partial charge on any atom is 0.258 e. The number of ether oxygens (including phenoxy) is 1. The zero-order valence-electron chi connectivity index (χ0n) is 20.9. The predicted octanol–water partition coefficient (Wildman–Crippen LogP) is 4.80. The van der Waals surface area contributed by atoms with E-state index >= 15 is 0 Å². The number of benzene rings is 2. The molecular formula is C28H29F2N5O2. The molecule has 1 fully saturated rings. The molecule has 37 heavy (non-hydrogen) atoms. The lowest BCUT2D eigenvalue weighted by Gasteiger charge is -2.34. The second-order valence-electron chi connectivity index (χ2n) is 9.75. The molecule has 3 atom stereocenters. The van der Waals surface area contributed by atoms with Gasteiger partial charge >= 0.3 is 0 Å². The van der Waals surface area contributed by atoms with Crippen molar-refractivity contribution in [2.24, 2.45) is 0 Å². The third-order valence-corrected chi connectivity index (χ3v) is 6.64. The van der Waals surface area contributed by atoms with Crippen LogP contribution in [-0.2, 0) is 6.42 Å². The Morgan fingerprint density at radius 1 is 1.05 bits per heavy atom. The van der Waals surface area contributed by atoms with Gasteiger partial charge in [0.15, 0.2) is 0 Å². The Hall–Kier alpha value is -3.85. The summed E-state index contributed by atoms with van der Waals surface area (Å²) in [4.78, 5) is 24.8. The van der Waals surface area contributed by atoms with Crippen molar-refractivity contribution in [3.05, 3.63) is 82.0 Å². The number of piperidine rings is 1. The fraction of sp³-hybridized carbons (Fsp3) is 0.321. The average molecular weight is 506 g/mol. The van der Waals surface area contributed by atoms with E-state index in [2.05, 4.69) is 34.4 Å². The number of halogens is 2. The minimum absolute atomic E-state index is 0.256. The highest BCUT2D eigenvalue weighted by Crippen LogP contribution is 2.31. The molecule has 2 aromatic heterocycles. The first-order valence-electron chi connectivity index (χ1n) is 12.3. The van der Waals surface area contributed by atoms with Gasteiger partial charge in [-0.2, -0.15) is 0 Å². The number of anilines is 1. The Morgan fingerprint density at radius 2 is 1.78 bits per heavy atom. The zero-order valence-corrected chi connectivity index (χ0v) is 20.9. The minimum atomic E-state index is -0.659. The summed E-state index contributed by atoms with van der Waals surface area (Å²) in [5.74, 6) is -0.231. The number of nitrogens with zero attached hydrogens (tertiary/aromatic N) is 2. The summed E-state index contributed by atoms with van der Waals surface area (Å²) in [7, 11) is 1.59. The van der Waals surface area contributed by atoms with Crippen LogP contribution in [-0.4, -0.2) is 40.2 Å². The Kier molecular flexibility index (Phi) is 6.88. The van der Waals surface area contributed by atoms with Gasteiger partial charge in [-0.15, -0.1) is 0 Å². The van der Waals surface area contributed by atoms with Crippen LogP contribution in [0.2, 0.25) is 0 Å². The average Bonchev–Trinajstić information content (AvgIpc) is 2.83. The Labute approximate surface area is 213 Å². The molecule has 0 radical (unpaired) electrons. The van der Waals surface area contributed by atoms with Crippen LogP contribution >= 0.6 is 0 Å². The quantitative estimate of drug-likeness (QED) is 0.349. The van der Waals surface area contributed by atoms with E-state index in [-0.39, 0.29) is 11.6 Å². The molecule has 0 saturated carbocycles. The summed E-state index contributed by atoms with van der Waals surface area (Å²) in [5, 5.41) is 7.58. The van der Waals surface area contributed by atoms with Gasteiger partial charge in [-0.1, -0.05) is 6.07 Å². The Morgan fingerprint density at radius 3 is 2.43 bits per heavy atom. The summed E-state index contributed by atoms with van der Waals surface area (Å²) in [5.41, 5.74) is 2.72. The summed E-state index contributed by atoms with van der Waals surface area (Å²) in [6.45, 7) is 4.35. The van der Waals surface area contributed by atoms with Crippen molar-refractivity contribution in [1.82, 2.24) is 20.3 Å². The van der Waals surface area contributed by atoms with Crippen LogP contribution in [0.4, 0.5) is 14.5 Å². The van der Waals surface area contributed by atoms with Gasteiger partial charge in [0.1, 0.15) is 23.2 Å². The van der Waals surface area contributed by atoms with Crippen LogP contribution in [0.1, 0.15) is 38.1 Å². The molecule has 0 aliphatic carbocycles. The summed E-state index contributed by atoms with van der Waals surface area (Å²) >= 11 is 0. The van der Waals surface area contributed by atoms with Gasteiger partial charge in [-0.25, -0.2) is 13.8 Å². The number of methoxy groups -OCH3 is 1. The number of aromatic nitrogens is 3. The molecule has 0 amide bonds. The highest BCUT2D eigenvalue weighted by molar-refractivity contribution is 5.85. The number of H-pyrrole nitrogens is 1. The smallest absolute Gasteiger partial charge is 0.258 e. The molecule has 1 saturated heterocycles. The lowest BCUT2D eigenvalue weighted by Crippen LogP contribution is -2.46. The molecule has 9 heteroatoms. The van der Waals surface area contributed by atoms with Crippen LogP contribution in [0, 0.1) is 11.6 Å². The summed E-state index contributed by atoms with van der Waals surface area (Å²) < 4.78 is 32.7. The largest absolute Gasteiger partial charge is 0.495 e. The molecule has 0 spiro atoms. The van der Waals surface area contributed by atoms with Crippen molar-refractivity contribution >= 4 is 16.6 Å². The Bertz CT molecular complexity index is 1460. The standard InChI is InChI=1S/C28H29F2N5O2/c1-15-6-21(7-16(2)32-15)33-25-13-24-22(12-26(25)37-3)28(36)35-27(34-24)8-17-4-5-23(31-14-17)18-9-19(29)11-20(30)10-18/h4-5,9-16,21,32-33H,6-8H2,1-3H3,(H,34,35,36)/t15-,16+,21?. The monoisotopic (exact) mass is 505 g/mol. The number of hydrogen-bond donors (Lipinski definition) is 3. The first-order valence-corrected chi connectivity index (χ1v) is 12.3. The van der Waals surface area contributed by atoms with Crippen molar-refractivity contribution in [1.29, 1.82) is 0 Å². The maximum atomic E-state index is 13.6. The maximum absolute atomic E-state index is 13.6. The van der Waals surface area contributed by atoms with Crippen molar-refractivity contribution < 1.29 is 13.5 Å². The van der Waals surface area contributed by atoms with Crippen molar-refractivity contribution in [2.45, 2.75) is 51.2 Å². The van der Waals surface area contributed by atoms with Gasteiger partial charge in [0.2, 0.25) is 0 Å². The van der Waals surface area contributed by atoms with E-state index in [1.807, 2.05) is 6.07 Å². The van der Waals surface area contributed by atoms with E-state index in [0.29, 0.717) is 52.2 Å². The molecule has 3 N–H and O–H groups in total. The summed E-state index contributed by atoms with van der Waals surface area (Å²) in [6.07, 6.45) is 3.91. The molecule has 1 unspecified atom stereocenters. The predicted molar refractivity (Wildman–Crippen MR) is 140 cm³/mol. The number of aromatic amines is 1. The topological polar surface area (TPSA) is 91.9 Å². The molecule has 192 valence electrons. The van der Waals surface area contributed by atoms with Crippen LogP contribution in [0.5, 0.6) is 5.75 Å².